The number of hydrogen-bond acceptors (Lipinski definition) is 3. The second kappa shape index (κ2) is 9.31. The molecule has 0 aliphatic heterocycles. The Hall–Kier alpha value is -2.44. The van der Waals surface area contributed by atoms with Gasteiger partial charge in [-0.15, -0.1) is 0 Å². The summed E-state index contributed by atoms with van der Waals surface area (Å²) in [6.07, 6.45) is 5.94. The quantitative estimate of drug-likeness (QED) is 0.692. The van der Waals surface area contributed by atoms with Gasteiger partial charge in [0.05, 0.1) is 6.54 Å². The minimum atomic E-state index is -1.29. The zero-order valence-electron chi connectivity index (χ0n) is 14.9. The van der Waals surface area contributed by atoms with Crippen molar-refractivity contribution in [2.24, 2.45) is 5.92 Å². The Morgan fingerprint density at radius 1 is 1.19 bits per heavy atom. The molecule has 0 heterocycles. The first kappa shape index (κ1) is 19.9. The summed E-state index contributed by atoms with van der Waals surface area (Å²) in [6, 6.07) is 2.58. The van der Waals surface area contributed by atoms with Crippen LogP contribution in [0.4, 0.5) is 4.39 Å². The van der Waals surface area contributed by atoms with Crippen molar-refractivity contribution in [3.63, 3.8) is 0 Å². The van der Waals surface area contributed by atoms with Crippen LogP contribution in [0.25, 0.3) is 0 Å². The SMILES string of the molecule is Cc1cc(C(NC(=O)CNC(=O)CC2CCCCC2)C(=O)O)ccc1F. The zero-order valence-corrected chi connectivity index (χ0v) is 14.9. The number of nitrogens with one attached hydrogen (secondary N) is 2. The molecule has 6 nitrogen and oxygen atoms in total. The van der Waals surface area contributed by atoms with Gasteiger partial charge >= 0.3 is 5.97 Å². The highest BCUT2D eigenvalue weighted by Gasteiger charge is 2.23. The third-order valence-electron chi connectivity index (χ3n) is 4.71. The first-order valence-corrected chi connectivity index (χ1v) is 8.91. The topological polar surface area (TPSA) is 95.5 Å². The number of carboxylic acid groups (broad SMARTS) is 1. The van der Waals surface area contributed by atoms with E-state index in [0.717, 1.165) is 25.7 Å². The molecule has 7 heteroatoms. The molecule has 1 aromatic rings. The Balaban J connectivity index is 1.86. The molecule has 2 rings (SSSR count). The fourth-order valence-corrected chi connectivity index (χ4v) is 3.25. The Bertz CT molecular complexity index is 672. The molecule has 26 heavy (non-hydrogen) atoms. The van der Waals surface area contributed by atoms with Crippen molar-refractivity contribution in [1.29, 1.82) is 0 Å². The van der Waals surface area contributed by atoms with E-state index in [1.807, 2.05) is 0 Å². The number of benzene rings is 1. The number of carboxylic acids is 1. The average molecular weight is 364 g/mol. The van der Waals surface area contributed by atoms with Crippen LogP contribution in [-0.2, 0) is 14.4 Å². The van der Waals surface area contributed by atoms with E-state index < -0.39 is 23.7 Å². The first-order valence-electron chi connectivity index (χ1n) is 8.91. The van der Waals surface area contributed by atoms with Gasteiger partial charge in [0.2, 0.25) is 11.8 Å². The van der Waals surface area contributed by atoms with E-state index in [1.54, 1.807) is 0 Å². The summed E-state index contributed by atoms with van der Waals surface area (Å²) in [5.41, 5.74) is 0.571. The Labute approximate surface area is 152 Å². The van der Waals surface area contributed by atoms with Gasteiger partial charge in [-0.1, -0.05) is 31.4 Å². The minimum Gasteiger partial charge on any atom is -0.479 e. The number of hydrogen-bond donors (Lipinski definition) is 3. The van der Waals surface area contributed by atoms with Crippen LogP contribution in [-0.4, -0.2) is 29.4 Å². The summed E-state index contributed by atoms with van der Waals surface area (Å²) in [4.78, 5) is 35.4. The Morgan fingerprint density at radius 3 is 2.50 bits per heavy atom. The highest BCUT2D eigenvalue weighted by Crippen LogP contribution is 2.26. The van der Waals surface area contributed by atoms with E-state index in [4.69, 9.17) is 0 Å². The van der Waals surface area contributed by atoms with E-state index in [-0.39, 0.29) is 18.0 Å². The molecule has 1 atom stereocenters. The lowest BCUT2D eigenvalue weighted by atomic mass is 9.87. The predicted octanol–water partition coefficient (Wildman–Crippen LogP) is 2.46. The number of carbonyl (C=O) groups excluding carboxylic acids is 2. The van der Waals surface area contributed by atoms with Gasteiger partial charge in [-0.25, -0.2) is 9.18 Å². The van der Waals surface area contributed by atoms with Crippen LogP contribution in [0.3, 0.4) is 0 Å². The van der Waals surface area contributed by atoms with Crippen molar-refractivity contribution in [3.05, 3.63) is 35.1 Å². The molecule has 142 valence electrons. The summed E-state index contributed by atoms with van der Waals surface area (Å²) < 4.78 is 13.3. The first-order chi connectivity index (χ1) is 12.4. The minimum absolute atomic E-state index is 0.198. The summed E-state index contributed by atoms with van der Waals surface area (Å²) in [7, 11) is 0. The molecule has 2 amide bonds. The number of halogens is 1. The van der Waals surface area contributed by atoms with Crippen molar-refractivity contribution in [2.45, 2.75) is 51.5 Å². The lowest BCUT2D eigenvalue weighted by Crippen LogP contribution is -2.41. The summed E-state index contributed by atoms with van der Waals surface area (Å²) >= 11 is 0. The number of rotatable bonds is 7. The summed E-state index contributed by atoms with van der Waals surface area (Å²) in [5.74, 6) is -2.13. The van der Waals surface area contributed by atoms with Crippen LogP contribution in [0.15, 0.2) is 18.2 Å². The number of amides is 2. The van der Waals surface area contributed by atoms with Gasteiger partial charge in [-0.05, 0) is 42.9 Å². The second-order valence-corrected chi connectivity index (χ2v) is 6.83. The normalized spacial score (nSPS) is 15.9. The molecular formula is C19H25FN2O4. The van der Waals surface area contributed by atoms with Crippen LogP contribution in [0.2, 0.25) is 0 Å². The molecule has 0 spiro atoms. The maximum absolute atomic E-state index is 13.3. The predicted molar refractivity (Wildman–Crippen MR) is 93.9 cm³/mol. The highest BCUT2D eigenvalue weighted by molar-refractivity contribution is 5.88. The second-order valence-electron chi connectivity index (χ2n) is 6.83. The Kier molecular flexibility index (Phi) is 7.12. The van der Waals surface area contributed by atoms with Crippen LogP contribution in [0, 0.1) is 18.7 Å². The Morgan fingerprint density at radius 2 is 1.88 bits per heavy atom. The van der Waals surface area contributed by atoms with Crippen LogP contribution in [0.5, 0.6) is 0 Å². The van der Waals surface area contributed by atoms with Gasteiger partial charge in [0.15, 0.2) is 6.04 Å². The van der Waals surface area contributed by atoms with Gasteiger partial charge in [0.1, 0.15) is 5.82 Å². The monoisotopic (exact) mass is 364 g/mol. The molecule has 0 radical (unpaired) electrons. The number of carbonyl (C=O) groups is 3. The molecule has 0 bridgehead atoms. The van der Waals surface area contributed by atoms with E-state index in [1.165, 1.54) is 31.5 Å². The van der Waals surface area contributed by atoms with Gasteiger partial charge in [-0.2, -0.15) is 0 Å². The maximum Gasteiger partial charge on any atom is 0.330 e. The van der Waals surface area contributed by atoms with Crippen LogP contribution >= 0.6 is 0 Å². The molecule has 1 aromatic carbocycles. The smallest absolute Gasteiger partial charge is 0.330 e. The molecule has 1 aliphatic rings. The van der Waals surface area contributed by atoms with Crippen LogP contribution in [0.1, 0.15) is 55.7 Å². The van der Waals surface area contributed by atoms with Crippen molar-refractivity contribution in [3.8, 4) is 0 Å². The van der Waals surface area contributed by atoms with E-state index >= 15 is 0 Å². The summed E-state index contributed by atoms with van der Waals surface area (Å²) in [6.45, 7) is 1.24. The van der Waals surface area contributed by atoms with Gasteiger partial charge in [0, 0.05) is 6.42 Å². The molecule has 3 N–H and O–H groups in total. The zero-order chi connectivity index (χ0) is 19.1. The fourth-order valence-electron chi connectivity index (χ4n) is 3.25. The van der Waals surface area contributed by atoms with Gasteiger partial charge in [-0.3, -0.25) is 9.59 Å². The fraction of sp³-hybridized carbons (Fsp3) is 0.526. The van der Waals surface area contributed by atoms with Crippen LogP contribution < -0.4 is 10.6 Å². The van der Waals surface area contributed by atoms with Crippen molar-refractivity contribution < 1.29 is 23.9 Å². The molecule has 0 saturated heterocycles. The maximum atomic E-state index is 13.3. The number of aryl methyl sites for hydroxylation is 1. The molecule has 1 saturated carbocycles. The lowest BCUT2D eigenvalue weighted by Gasteiger charge is -2.21. The van der Waals surface area contributed by atoms with Gasteiger partial charge in [0.25, 0.3) is 0 Å². The molecular weight excluding hydrogens is 339 g/mol. The van der Waals surface area contributed by atoms with Crippen molar-refractivity contribution >= 4 is 17.8 Å². The lowest BCUT2D eigenvalue weighted by molar-refractivity contribution is -0.142. The third kappa shape index (κ3) is 5.82. The van der Waals surface area contributed by atoms with E-state index in [0.29, 0.717) is 17.9 Å². The standard InChI is InChI=1S/C19H25FN2O4/c1-12-9-14(7-8-15(12)20)18(19(25)26)22-17(24)11-21-16(23)10-13-5-3-2-4-6-13/h7-9,13,18H,2-6,10-11H2,1H3,(H,21,23)(H,22,24)(H,25,26). The number of aliphatic carboxylic acids is 1. The molecule has 0 aromatic heterocycles. The third-order valence-corrected chi connectivity index (χ3v) is 4.71. The van der Waals surface area contributed by atoms with E-state index in [2.05, 4.69) is 10.6 Å². The van der Waals surface area contributed by atoms with Crippen molar-refractivity contribution in [1.82, 2.24) is 10.6 Å². The van der Waals surface area contributed by atoms with Gasteiger partial charge < -0.3 is 15.7 Å². The summed E-state index contributed by atoms with van der Waals surface area (Å²) in [5, 5.41) is 14.2. The molecule has 1 fully saturated rings. The van der Waals surface area contributed by atoms with E-state index in [9.17, 15) is 23.9 Å². The average Bonchev–Trinajstić information content (AvgIpc) is 2.61. The van der Waals surface area contributed by atoms with Crippen molar-refractivity contribution in [2.75, 3.05) is 6.54 Å². The molecule has 1 unspecified atom stereocenters. The largest absolute Gasteiger partial charge is 0.479 e. The molecule has 1 aliphatic carbocycles. The highest BCUT2D eigenvalue weighted by atomic mass is 19.1.